The molecule has 0 aliphatic carbocycles. The predicted octanol–water partition coefficient (Wildman–Crippen LogP) is 2.08. The van der Waals surface area contributed by atoms with Crippen molar-refractivity contribution in [1.82, 2.24) is 5.32 Å². The summed E-state index contributed by atoms with van der Waals surface area (Å²) in [7, 11) is 0. The van der Waals surface area contributed by atoms with Crippen molar-refractivity contribution in [1.29, 1.82) is 0 Å². The van der Waals surface area contributed by atoms with Crippen LogP contribution in [0.25, 0.3) is 0 Å². The quantitative estimate of drug-likeness (QED) is 0.735. The van der Waals surface area contributed by atoms with Crippen molar-refractivity contribution >= 4 is 5.91 Å². The summed E-state index contributed by atoms with van der Waals surface area (Å²) >= 11 is 0. The van der Waals surface area contributed by atoms with Crippen LogP contribution in [0.5, 0.6) is 0 Å². The number of hydrogen-bond donors (Lipinski definition) is 1. The highest BCUT2D eigenvalue weighted by molar-refractivity contribution is 5.78. The maximum Gasteiger partial charge on any atom is 0.224 e. The second-order valence-corrected chi connectivity index (χ2v) is 4.00. The van der Waals surface area contributed by atoms with Gasteiger partial charge in [0.25, 0.3) is 0 Å². The second kappa shape index (κ2) is 7.85. The van der Waals surface area contributed by atoms with Crippen molar-refractivity contribution in [3.63, 3.8) is 0 Å². The summed E-state index contributed by atoms with van der Waals surface area (Å²) in [6, 6.07) is 7.97. The van der Waals surface area contributed by atoms with Crippen LogP contribution in [0, 0.1) is 6.92 Å². The first-order valence-corrected chi connectivity index (χ1v) is 6.13. The van der Waals surface area contributed by atoms with Gasteiger partial charge in [-0.3, -0.25) is 4.79 Å². The summed E-state index contributed by atoms with van der Waals surface area (Å²) in [5.74, 6) is 0.0794. The summed E-state index contributed by atoms with van der Waals surface area (Å²) in [5, 5.41) is 2.90. The molecule has 1 N–H and O–H groups in total. The summed E-state index contributed by atoms with van der Waals surface area (Å²) in [5.41, 5.74) is 2.26. The number of carbonyl (C=O) groups is 1. The van der Waals surface area contributed by atoms with Crippen LogP contribution in [0.3, 0.4) is 0 Å². The number of benzene rings is 1. The molecule has 0 aliphatic rings. The first-order valence-electron chi connectivity index (χ1n) is 6.13. The molecule has 0 radical (unpaired) electrons. The fraction of sp³-hybridized carbons (Fsp3) is 0.500. The highest BCUT2D eigenvalue weighted by atomic mass is 16.5. The molecule has 0 heterocycles. The molecule has 17 heavy (non-hydrogen) atoms. The molecule has 0 unspecified atom stereocenters. The van der Waals surface area contributed by atoms with Crippen LogP contribution in [0.4, 0.5) is 0 Å². The Hall–Kier alpha value is -1.35. The molecule has 1 amide bonds. The maximum absolute atomic E-state index is 11.6. The lowest BCUT2D eigenvalue weighted by atomic mass is 10.1. The highest BCUT2D eigenvalue weighted by Crippen LogP contribution is 2.07. The molecular formula is C14H21NO2. The smallest absolute Gasteiger partial charge is 0.224 e. The summed E-state index contributed by atoms with van der Waals surface area (Å²) in [6.45, 7) is 6.12. The molecular weight excluding hydrogens is 214 g/mol. The zero-order chi connectivity index (χ0) is 12.5. The van der Waals surface area contributed by atoms with Crippen LogP contribution in [0.1, 0.15) is 24.5 Å². The largest absolute Gasteiger partial charge is 0.382 e. The number of nitrogens with one attached hydrogen (secondary N) is 1. The third kappa shape index (κ3) is 5.50. The fourth-order valence-corrected chi connectivity index (χ4v) is 1.59. The number of aryl methyl sites for hydroxylation is 1. The van der Waals surface area contributed by atoms with E-state index in [-0.39, 0.29) is 5.91 Å². The Kier molecular flexibility index (Phi) is 6.33. The van der Waals surface area contributed by atoms with Gasteiger partial charge in [-0.05, 0) is 31.4 Å². The van der Waals surface area contributed by atoms with Gasteiger partial charge in [0.15, 0.2) is 0 Å². The minimum absolute atomic E-state index is 0.0794. The molecule has 1 rings (SSSR count). The van der Waals surface area contributed by atoms with Gasteiger partial charge in [-0.25, -0.2) is 0 Å². The Balaban J connectivity index is 2.23. The van der Waals surface area contributed by atoms with Crippen molar-refractivity contribution in [2.24, 2.45) is 0 Å². The Bertz CT molecular complexity index is 350. The SMILES string of the molecule is CCOCCCNC(=O)Cc1ccccc1C. The van der Waals surface area contributed by atoms with Gasteiger partial charge >= 0.3 is 0 Å². The van der Waals surface area contributed by atoms with E-state index in [0.29, 0.717) is 19.6 Å². The fourth-order valence-electron chi connectivity index (χ4n) is 1.59. The van der Waals surface area contributed by atoms with Gasteiger partial charge in [0.1, 0.15) is 0 Å². The Labute approximate surface area is 103 Å². The van der Waals surface area contributed by atoms with Crippen molar-refractivity contribution in [3.8, 4) is 0 Å². The van der Waals surface area contributed by atoms with E-state index < -0.39 is 0 Å². The van der Waals surface area contributed by atoms with Gasteiger partial charge in [0, 0.05) is 19.8 Å². The van der Waals surface area contributed by atoms with Crippen LogP contribution in [-0.2, 0) is 16.0 Å². The Morgan fingerprint density at radius 2 is 2.12 bits per heavy atom. The molecule has 3 nitrogen and oxygen atoms in total. The van der Waals surface area contributed by atoms with E-state index in [1.165, 1.54) is 0 Å². The highest BCUT2D eigenvalue weighted by Gasteiger charge is 2.04. The van der Waals surface area contributed by atoms with Crippen LogP contribution in [-0.4, -0.2) is 25.7 Å². The molecule has 94 valence electrons. The Morgan fingerprint density at radius 3 is 2.82 bits per heavy atom. The van der Waals surface area contributed by atoms with Crippen LogP contribution < -0.4 is 5.32 Å². The van der Waals surface area contributed by atoms with Crippen LogP contribution in [0.15, 0.2) is 24.3 Å². The van der Waals surface area contributed by atoms with Gasteiger partial charge in [-0.1, -0.05) is 24.3 Å². The van der Waals surface area contributed by atoms with Crippen molar-refractivity contribution in [2.75, 3.05) is 19.8 Å². The number of hydrogen-bond acceptors (Lipinski definition) is 2. The van der Waals surface area contributed by atoms with E-state index in [1.54, 1.807) is 0 Å². The first-order chi connectivity index (χ1) is 8.24. The second-order valence-electron chi connectivity index (χ2n) is 4.00. The third-order valence-electron chi connectivity index (χ3n) is 2.60. The normalized spacial score (nSPS) is 10.2. The van der Waals surface area contributed by atoms with E-state index in [9.17, 15) is 4.79 Å². The van der Waals surface area contributed by atoms with Crippen molar-refractivity contribution in [3.05, 3.63) is 35.4 Å². The van der Waals surface area contributed by atoms with Gasteiger partial charge in [-0.15, -0.1) is 0 Å². The van der Waals surface area contributed by atoms with E-state index >= 15 is 0 Å². The zero-order valence-electron chi connectivity index (χ0n) is 10.7. The zero-order valence-corrected chi connectivity index (χ0v) is 10.7. The van der Waals surface area contributed by atoms with Crippen molar-refractivity contribution < 1.29 is 9.53 Å². The first kappa shape index (κ1) is 13.7. The Morgan fingerprint density at radius 1 is 1.35 bits per heavy atom. The molecule has 1 aromatic rings. The summed E-state index contributed by atoms with van der Waals surface area (Å²) in [6.07, 6.45) is 1.33. The lowest BCUT2D eigenvalue weighted by Crippen LogP contribution is -2.27. The average Bonchev–Trinajstić information content (AvgIpc) is 2.32. The number of carbonyl (C=O) groups excluding carboxylic acids is 1. The molecule has 0 aliphatic heterocycles. The average molecular weight is 235 g/mol. The summed E-state index contributed by atoms with van der Waals surface area (Å²) < 4.78 is 5.20. The lowest BCUT2D eigenvalue weighted by Gasteiger charge is -2.07. The number of ether oxygens (including phenoxy) is 1. The molecule has 3 heteroatoms. The van der Waals surface area contributed by atoms with E-state index in [4.69, 9.17) is 4.74 Å². The topological polar surface area (TPSA) is 38.3 Å². The van der Waals surface area contributed by atoms with Gasteiger partial charge in [0.05, 0.1) is 6.42 Å². The molecule has 0 bridgehead atoms. The molecule has 0 saturated heterocycles. The number of rotatable bonds is 7. The molecule has 0 aromatic heterocycles. The maximum atomic E-state index is 11.6. The molecule has 1 aromatic carbocycles. The molecule has 0 atom stereocenters. The number of amides is 1. The molecule has 0 saturated carbocycles. The minimum atomic E-state index is 0.0794. The molecule has 0 spiro atoms. The minimum Gasteiger partial charge on any atom is -0.382 e. The van der Waals surface area contributed by atoms with Gasteiger partial charge in [0.2, 0.25) is 5.91 Å². The van der Waals surface area contributed by atoms with E-state index in [0.717, 1.165) is 24.2 Å². The lowest BCUT2D eigenvalue weighted by molar-refractivity contribution is -0.120. The monoisotopic (exact) mass is 235 g/mol. The van der Waals surface area contributed by atoms with Crippen LogP contribution >= 0.6 is 0 Å². The van der Waals surface area contributed by atoms with Gasteiger partial charge < -0.3 is 10.1 Å². The van der Waals surface area contributed by atoms with Gasteiger partial charge in [-0.2, -0.15) is 0 Å². The van der Waals surface area contributed by atoms with Crippen LogP contribution in [0.2, 0.25) is 0 Å². The summed E-state index contributed by atoms with van der Waals surface area (Å²) in [4.78, 5) is 11.6. The van der Waals surface area contributed by atoms with E-state index in [2.05, 4.69) is 5.32 Å². The van der Waals surface area contributed by atoms with Crippen molar-refractivity contribution in [2.45, 2.75) is 26.7 Å². The molecule has 0 fully saturated rings. The third-order valence-corrected chi connectivity index (χ3v) is 2.60. The van der Waals surface area contributed by atoms with E-state index in [1.807, 2.05) is 38.1 Å². The predicted molar refractivity (Wildman–Crippen MR) is 69.0 cm³/mol. The standard InChI is InChI=1S/C14H21NO2/c1-3-17-10-6-9-15-14(16)11-13-8-5-4-7-12(13)2/h4-5,7-8H,3,6,9-11H2,1-2H3,(H,15,16).